The SMILES string of the molecule is O=C(O)COCCNC(=O)c1ccc2cn[nH]c2c1. The Morgan fingerprint density at radius 2 is 2.26 bits per heavy atom. The molecule has 1 heterocycles. The molecule has 3 N–H and O–H groups in total. The van der Waals surface area contributed by atoms with Crippen molar-refractivity contribution in [3.05, 3.63) is 30.0 Å². The van der Waals surface area contributed by atoms with Crippen LogP contribution in [0.4, 0.5) is 0 Å². The summed E-state index contributed by atoms with van der Waals surface area (Å²) in [5.41, 5.74) is 1.30. The number of aromatic amines is 1. The molecule has 0 aliphatic heterocycles. The molecule has 19 heavy (non-hydrogen) atoms. The second-order valence-corrected chi connectivity index (χ2v) is 3.87. The van der Waals surface area contributed by atoms with E-state index in [1.165, 1.54) is 0 Å². The van der Waals surface area contributed by atoms with Crippen LogP contribution in [0.25, 0.3) is 10.9 Å². The molecule has 0 saturated heterocycles. The maximum Gasteiger partial charge on any atom is 0.329 e. The normalized spacial score (nSPS) is 10.5. The van der Waals surface area contributed by atoms with Crippen LogP contribution >= 0.6 is 0 Å². The Balaban J connectivity index is 1.84. The van der Waals surface area contributed by atoms with Gasteiger partial charge >= 0.3 is 5.97 Å². The van der Waals surface area contributed by atoms with Crippen molar-refractivity contribution in [2.75, 3.05) is 19.8 Å². The molecule has 0 aliphatic rings. The highest BCUT2D eigenvalue weighted by Gasteiger charge is 2.06. The van der Waals surface area contributed by atoms with Gasteiger partial charge in [0.25, 0.3) is 5.91 Å². The molecule has 2 aromatic rings. The Labute approximate surface area is 108 Å². The maximum atomic E-state index is 11.8. The lowest BCUT2D eigenvalue weighted by Crippen LogP contribution is -2.27. The molecular formula is C12H13N3O4. The number of fused-ring (bicyclic) bond motifs is 1. The van der Waals surface area contributed by atoms with Crippen LogP contribution in [-0.2, 0) is 9.53 Å². The molecule has 1 aromatic heterocycles. The highest BCUT2D eigenvalue weighted by atomic mass is 16.5. The van der Waals surface area contributed by atoms with Gasteiger partial charge in [0.05, 0.1) is 18.3 Å². The molecule has 0 unspecified atom stereocenters. The third-order valence-electron chi connectivity index (χ3n) is 2.46. The number of amides is 1. The van der Waals surface area contributed by atoms with Crippen LogP contribution in [0.1, 0.15) is 10.4 Å². The monoisotopic (exact) mass is 263 g/mol. The molecule has 1 aromatic carbocycles. The fourth-order valence-corrected chi connectivity index (χ4v) is 1.58. The number of aromatic nitrogens is 2. The lowest BCUT2D eigenvalue weighted by atomic mass is 10.1. The summed E-state index contributed by atoms with van der Waals surface area (Å²) < 4.78 is 4.81. The van der Waals surface area contributed by atoms with Gasteiger partial charge in [-0.05, 0) is 12.1 Å². The number of ether oxygens (including phenoxy) is 1. The van der Waals surface area contributed by atoms with Gasteiger partial charge in [0.2, 0.25) is 0 Å². The van der Waals surface area contributed by atoms with Gasteiger partial charge in [-0.3, -0.25) is 9.89 Å². The third kappa shape index (κ3) is 3.52. The fourth-order valence-electron chi connectivity index (χ4n) is 1.58. The zero-order valence-electron chi connectivity index (χ0n) is 10.0. The first-order valence-electron chi connectivity index (χ1n) is 5.67. The quantitative estimate of drug-likeness (QED) is 0.654. The van der Waals surface area contributed by atoms with Crippen molar-refractivity contribution in [1.82, 2.24) is 15.5 Å². The number of nitrogens with one attached hydrogen (secondary N) is 2. The van der Waals surface area contributed by atoms with Gasteiger partial charge in [0.1, 0.15) is 6.61 Å². The number of hydrogen-bond donors (Lipinski definition) is 3. The lowest BCUT2D eigenvalue weighted by Gasteiger charge is -2.05. The number of H-pyrrole nitrogens is 1. The molecule has 0 atom stereocenters. The molecule has 0 bridgehead atoms. The van der Waals surface area contributed by atoms with E-state index in [-0.39, 0.29) is 25.7 Å². The Hall–Kier alpha value is -2.41. The average molecular weight is 263 g/mol. The van der Waals surface area contributed by atoms with E-state index < -0.39 is 5.97 Å². The van der Waals surface area contributed by atoms with Crippen LogP contribution < -0.4 is 5.32 Å². The molecule has 0 fully saturated rings. The summed E-state index contributed by atoms with van der Waals surface area (Å²) in [5.74, 6) is -1.27. The van der Waals surface area contributed by atoms with E-state index in [4.69, 9.17) is 9.84 Å². The number of carbonyl (C=O) groups is 2. The molecule has 0 spiro atoms. The summed E-state index contributed by atoms with van der Waals surface area (Å²) in [5, 5.41) is 18.6. The molecule has 2 rings (SSSR count). The lowest BCUT2D eigenvalue weighted by molar-refractivity contribution is -0.142. The van der Waals surface area contributed by atoms with Gasteiger partial charge in [-0.25, -0.2) is 4.79 Å². The van der Waals surface area contributed by atoms with E-state index in [1.54, 1.807) is 24.4 Å². The van der Waals surface area contributed by atoms with Gasteiger partial charge < -0.3 is 15.2 Å². The standard InChI is InChI=1S/C12H13N3O4/c16-11(17)7-19-4-3-13-12(18)8-1-2-9-6-14-15-10(9)5-8/h1-2,5-6H,3-4,7H2,(H,13,18)(H,14,15)(H,16,17). The Kier molecular flexibility index (Phi) is 4.09. The number of hydrogen-bond acceptors (Lipinski definition) is 4. The van der Waals surface area contributed by atoms with Crippen molar-refractivity contribution in [3.8, 4) is 0 Å². The molecule has 7 nitrogen and oxygen atoms in total. The topological polar surface area (TPSA) is 104 Å². The number of carboxylic acid groups (broad SMARTS) is 1. The first-order valence-corrected chi connectivity index (χ1v) is 5.67. The summed E-state index contributed by atoms with van der Waals surface area (Å²) in [6, 6.07) is 5.20. The molecule has 0 saturated carbocycles. The zero-order chi connectivity index (χ0) is 13.7. The minimum Gasteiger partial charge on any atom is -0.480 e. The Bertz CT molecular complexity index is 593. The van der Waals surface area contributed by atoms with Gasteiger partial charge in [0.15, 0.2) is 0 Å². The number of carbonyl (C=O) groups excluding carboxylic acids is 1. The van der Waals surface area contributed by atoms with Crippen molar-refractivity contribution < 1.29 is 19.4 Å². The molecule has 1 amide bonds. The van der Waals surface area contributed by atoms with E-state index >= 15 is 0 Å². The first kappa shape index (κ1) is 13.0. The van der Waals surface area contributed by atoms with Crippen molar-refractivity contribution >= 4 is 22.8 Å². The van der Waals surface area contributed by atoms with Crippen molar-refractivity contribution in [3.63, 3.8) is 0 Å². The highest BCUT2D eigenvalue weighted by molar-refractivity contribution is 5.97. The van der Waals surface area contributed by atoms with Crippen molar-refractivity contribution in [2.45, 2.75) is 0 Å². The minimum absolute atomic E-state index is 0.157. The maximum absolute atomic E-state index is 11.8. The van der Waals surface area contributed by atoms with E-state index in [0.717, 1.165) is 10.9 Å². The van der Waals surface area contributed by atoms with Gasteiger partial charge in [-0.1, -0.05) is 6.07 Å². The summed E-state index contributed by atoms with van der Waals surface area (Å²) >= 11 is 0. The van der Waals surface area contributed by atoms with Gasteiger partial charge in [-0.15, -0.1) is 0 Å². The number of carboxylic acids is 1. The van der Waals surface area contributed by atoms with E-state index in [2.05, 4.69) is 15.5 Å². The highest BCUT2D eigenvalue weighted by Crippen LogP contribution is 2.12. The minimum atomic E-state index is -1.03. The molecular weight excluding hydrogens is 250 g/mol. The second-order valence-electron chi connectivity index (χ2n) is 3.87. The second kappa shape index (κ2) is 5.96. The summed E-state index contributed by atoms with van der Waals surface area (Å²) in [7, 11) is 0. The third-order valence-corrected chi connectivity index (χ3v) is 2.46. The van der Waals surface area contributed by atoms with Gasteiger partial charge in [-0.2, -0.15) is 5.10 Å². The molecule has 0 radical (unpaired) electrons. The predicted molar refractivity (Wildman–Crippen MR) is 66.9 cm³/mol. The first-order chi connectivity index (χ1) is 9.16. The summed E-state index contributed by atoms with van der Waals surface area (Å²) in [4.78, 5) is 22.0. The summed E-state index contributed by atoms with van der Waals surface area (Å²) in [6.45, 7) is 0.0491. The fraction of sp³-hybridized carbons (Fsp3) is 0.250. The Morgan fingerprint density at radius 1 is 1.42 bits per heavy atom. The predicted octanol–water partition coefficient (Wildman–Crippen LogP) is 0.394. The average Bonchev–Trinajstić information content (AvgIpc) is 2.84. The van der Waals surface area contributed by atoms with E-state index in [9.17, 15) is 9.59 Å². The number of nitrogens with zero attached hydrogens (tertiary/aromatic N) is 1. The van der Waals surface area contributed by atoms with Crippen LogP contribution in [-0.4, -0.2) is 46.9 Å². The van der Waals surface area contributed by atoms with Crippen molar-refractivity contribution in [2.24, 2.45) is 0 Å². The molecule has 100 valence electrons. The van der Waals surface area contributed by atoms with E-state index in [1.807, 2.05) is 0 Å². The van der Waals surface area contributed by atoms with Crippen LogP contribution in [0.3, 0.4) is 0 Å². The number of rotatable bonds is 6. The zero-order valence-corrected chi connectivity index (χ0v) is 10.0. The van der Waals surface area contributed by atoms with E-state index in [0.29, 0.717) is 5.56 Å². The van der Waals surface area contributed by atoms with Crippen LogP contribution in [0.5, 0.6) is 0 Å². The Morgan fingerprint density at radius 3 is 3.05 bits per heavy atom. The number of benzene rings is 1. The molecule has 7 heteroatoms. The number of aliphatic carboxylic acids is 1. The largest absolute Gasteiger partial charge is 0.480 e. The smallest absolute Gasteiger partial charge is 0.329 e. The van der Waals surface area contributed by atoms with Crippen molar-refractivity contribution in [1.29, 1.82) is 0 Å². The summed E-state index contributed by atoms with van der Waals surface area (Å²) in [6.07, 6.45) is 1.68. The van der Waals surface area contributed by atoms with Crippen LogP contribution in [0.15, 0.2) is 24.4 Å². The molecule has 0 aliphatic carbocycles. The van der Waals surface area contributed by atoms with Gasteiger partial charge in [0, 0.05) is 17.5 Å². The van der Waals surface area contributed by atoms with Crippen LogP contribution in [0.2, 0.25) is 0 Å². The van der Waals surface area contributed by atoms with Crippen LogP contribution in [0, 0.1) is 0 Å².